The Morgan fingerprint density at radius 3 is 2.21 bits per heavy atom. The second-order valence-corrected chi connectivity index (χ2v) is 4.58. The molecular weight excluding hydrogens is 237 g/mol. The van der Waals surface area contributed by atoms with Crippen LogP contribution < -0.4 is 0 Å². The molecule has 0 unspecified atom stereocenters. The molecule has 0 heterocycles. The Hall–Kier alpha value is 0.130. The van der Waals surface area contributed by atoms with Gasteiger partial charge in [0.1, 0.15) is 0 Å². The number of hydrogen-bond acceptors (Lipinski definition) is 2. The van der Waals surface area contributed by atoms with E-state index in [1.807, 2.05) is 0 Å². The number of aliphatic hydroxyl groups is 1. The minimum absolute atomic E-state index is 0.191. The van der Waals surface area contributed by atoms with E-state index in [1.165, 1.54) is 0 Å². The Labute approximate surface area is 89.3 Å². The number of rotatable bonds is 2. The van der Waals surface area contributed by atoms with Gasteiger partial charge in [-0.3, -0.25) is 0 Å². The molecule has 82 valence electrons. The Morgan fingerprint density at radius 1 is 1.36 bits per heavy atom. The van der Waals surface area contributed by atoms with Crippen molar-refractivity contribution >= 4 is 23.4 Å². The van der Waals surface area contributed by atoms with Gasteiger partial charge >= 0.3 is 5.51 Å². The van der Waals surface area contributed by atoms with Crippen molar-refractivity contribution in [3.63, 3.8) is 0 Å². The molecule has 1 fully saturated rings. The van der Waals surface area contributed by atoms with Crippen molar-refractivity contribution in [2.24, 2.45) is 0 Å². The van der Waals surface area contributed by atoms with E-state index in [0.29, 0.717) is 12.8 Å². The number of thioether (sulfide) groups is 1. The van der Waals surface area contributed by atoms with E-state index in [0.717, 1.165) is 18.4 Å². The standard InChI is InChI=1S/C8H10ClF3OS/c9-5-6(14-8(10,11)12)7(13)3-1-2-4-7/h5,13H,1-4H2/b6-5-. The highest BCUT2D eigenvalue weighted by Gasteiger charge is 2.41. The third-order valence-corrected chi connectivity index (χ3v) is 3.51. The molecule has 0 aliphatic heterocycles. The van der Waals surface area contributed by atoms with E-state index in [4.69, 9.17) is 11.6 Å². The number of alkyl halides is 3. The molecule has 1 rings (SSSR count). The summed E-state index contributed by atoms with van der Waals surface area (Å²) < 4.78 is 36.2. The summed E-state index contributed by atoms with van der Waals surface area (Å²) in [5.41, 5.74) is -4.91. The molecule has 0 saturated heterocycles. The highest BCUT2D eigenvalue weighted by molar-refractivity contribution is 8.04. The SMILES string of the molecule is OC1(/C(=C/Cl)SC(F)(F)F)CCCC1. The fourth-order valence-corrected chi connectivity index (χ4v) is 2.57. The van der Waals surface area contributed by atoms with Gasteiger partial charge in [0.25, 0.3) is 0 Å². The molecule has 6 heteroatoms. The zero-order valence-electron chi connectivity index (χ0n) is 7.27. The van der Waals surface area contributed by atoms with E-state index in [1.54, 1.807) is 0 Å². The van der Waals surface area contributed by atoms with E-state index in [2.05, 4.69) is 0 Å². The first kappa shape index (κ1) is 12.2. The van der Waals surface area contributed by atoms with Crippen molar-refractivity contribution < 1.29 is 18.3 Å². The van der Waals surface area contributed by atoms with E-state index in [9.17, 15) is 18.3 Å². The molecule has 0 aromatic rings. The first-order valence-corrected chi connectivity index (χ1v) is 5.42. The quantitative estimate of drug-likeness (QED) is 0.803. The third-order valence-electron chi connectivity index (χ3n) is 2.21. The molecule has 0 atom stereocenters. The highest BCUT2D eigenvalue weighted by atomic mass is 35.5. The van der Waals surface area contributed by atoms with Gasteiger partial charge in [-0.15, -0.1) is 0 Å². The van der Waals surface area contributed by atoms with Gasteiger partial charge in [-0.1, -0.05) is 24.4 Å². The van der Waals surface area contributed by atoms with Gasteiger partial charge in [-0.2, -0.15) is 13.2 Å². The molecule has 0 radical (unpaired) electrons. The minimum Gasteiger partial charge on any atom is -0.385 e. The van der Waals surface area contributed by atoms with Crippen LogP contribution >= 0.6 is 23.4 Å². The van der Waals surface area contributed by atoms with Gasteiger partial charge < -0.3 is 5.11 Å². The van der Waals surface area contributed by atoms with Crippen LogP contribution in [0.3, 0.4) is 0 Å². The van der Waals surface area contributed by atoms with Gasteiger partial charge in [-0.05, 0) is 24.6 Å². The van der Waals surface area contributed by atoms with Gasteiger partial charge in [0.05, 0.1) is 5.60 Å². The van der Waals surface area contributed by atoms with E-state index >= 15 is 0 Å². The summed E-state index contributed by atoms with van der Waals surface area (Å²) in [7, 11) is 0. The molecule has 0 amide bonds. The van der Waals surface area contributed by atoms with Crippen molar-refractivity contribution in [3.8, 4) is 0 Å². The van der Waals surface area contributed by atoms with Gasteiger partial charge in [0.2, 0.25) is 0 Å². The van der Waals surface area contributed by atoms with E-state index < -0.39 is 11.1 Å². The third kappa shape index (κ3) is 3.07. The Balaban J connectivity index is 2.72. The average molecular weight is 247 g/mol. The second-order valence-electron chi connectivity index (χ2n) is 3.26. The predicted octanol–water partition coefficient (Wildman–Crippen LogP) is 3.62. The molecule has 1 nitrogen and oxygen atoms in total. The molecule has 1 saturated carbocycles. The predicted molar refractivity (Wildman–Crippen MR) is 51.0 cm³/mol. The molecule has 0 spiro atoms. The molecule has 1 aliphatic carbocycles. The Morgan fingerprint density at radius 2 is 1.86 bits per heavy atom. The monoisotopic (exact) mass is 246 g/mol. The Bertz CT molecular complexity index is 233. The van der Waals surface area contributed by atoms with Crippen molar-refractivity contribution in [2.75, 3.05) is 0 Å². The van der Waals surface area contributed by atoms with Crippen LogP contribution in [0.15, 0.2) is 10.4 Å². The van der Waals surface area contributed by atoms with Crippen molar-refractivity contribution in [2.45, 2.75) is 36.8 Å². The van der Waals surface area contributed by atoms with Crippen LogP contribution in [0.1, 0.15) is 25.7 Å². The normalized spacial score (nSPS) is 22.8. The zero-order chi connectivity index (χ0) is 10.8. The first-order valence-electron chi connectivity index (χ1n) is 4.16. The van der Waals surface area contributed by atoms with Crippen LogP contribution in [0.4, 0.5) is 13.2 Å². The maximum atomic E-state index is 12.1. The summed E-state index contributed by atoms with van der Waals surface area (Å²) in [6, 6.07) is 0. The summed E-state index contributed by atoms with van der Waals surface area (Å²) in [5.74, 6) is 0. The van der Waals surface area contributed by atoms with Crippen molar-refractivity contribution in [1.82, 2.24) is 0 Å². The van der Waals surface area contributed by atoms with Gasteiger partial charge in [0.15, 0.2) is 0 Å². The van der Waals surface area contributed by atoms with Crippen LogP contribution in [-0.2, 0) is 0 Å². The smallest absolute Gasteiger partial charge is 0.385 e. The Kier molecular flexibility index (Phi) is 3.77. The van der Waals surface area contributed by atoms with Crippen LogP contribution in [0, 0.1) is 0 Å². The second kappa shape index (κ2) is 4.33. The van der Waals surface area contributed by atoms with E-state index in [-0.39, 0.29) is 16.7 Å². The van der Waals surface area contributed by atoms with Gasteiger partial charge in [-0.25, -0.2) is 0 Å². The minimum atomic E-state index is -4.39. The lowest BCUT2D eigenvalue weighted by Crippen LogP contribution is -2.26. The topological polar surface area (TPSA) is 20.2 Å². The maximum Gasteiger partial charge on any atom is 0.446 e. The van der Waals surface area contributed by atoms with Crippen LogP contribution in [0.2, 0.25) is 0 Å². The number of halogens is 4. The summed E-state index contributed by atoms with van der Waals surface area (Å²) in [5, 5.41) is 9.84. The average Bonchev–Trinajstić information content (AvgIpc) is 2.47. The molecule has 0 bridgehead atoms. The molecule has 1 N–H and O–H groups in total. The van der Waals surface area contributed by atoms with Crippen molar-refractivity contribution in [3.05, 3.63) is 10.4 Å². The summed E-state index contributed by atoms with van der Waals surface area (Å²) in [4.78, 5) is -0.191. The summed E-state index contributed by atoms with van der Waals surface area (Å²) in [6.45, 7) is 0. The molecule has 14 heavy (non-hydrogen) atoms. The lowest BCUT2D eigenvalue weighted by atomic mass is 10.0. The number of hydrogen-bond donors (Lipinski definition) is 1. The molecular formula is C8H10ClF3OS. The lowest BCUT2D eigenvalue weighted by molar-refractivity contribution is -0.0332. The maximum absolute atomic E-state index is 12.1. The molecule has 0 aromatic carbocycles. The summed E-state index contributed by atoms with van der Waals surface area (Å²) in [6.07, 6.45) is 2.19. The van der Waals surface area contributed by atoms with Crippen LogP contribution in [-0.4, -0.2) is 16.2 Å². The lowest BCUT2D eigenvalue weighted by Gasteiger charge is -2.25. The largest absolute Gasteiger partial charge is 0.446 e. The summed E-state index contributed by atoms with van der Waals surface area (Å²) >= 11 is 4.98. The van der Waals surface area contributed by atoms with Gasteiger partial charge in [0, 0.05) is 10.4 Å². The zero-order valence-corrected chi connectivity index (χ0v) is 8.85. The first-order chi connectivity index (χ1) is 6.37. The molecule has 0 aromatic heterocycles. The van der Waals surface area contributed by atoms with Crippen molar-refractivity contribution in [1.29, 1.82) is 0 Å². The molecule has 1 aliphatic rings. The highest BCUT2D eigenvalue weighted by Crippen LogP contribution is 2.47. The fourth-order valence-electron chi connectivity index (χ4n) is 1.55. The van der Waals surface area contributed by atoms with Crippen LogP contribution in [0.5, 0.6) is 0 Å². The fraction of sp³-hybridized carbons (Fsp3) is 0.750. The van der Waals surface area contributed by atoms with Crippen LogP contribution in [0.25, 0.3) is 0 Å².